The summed E-state index contributed by atoms with van der Waals surface area (Å²) in [5, 5.41) is 5.96. The minimum absolute atomic E-state index is 0.000549. The first kappa shape index (κ1) is 21.2. The predicted octanol–water partition coefficient (Wildman–Crippen LogP) is 1.01. The Morgan fingerprint density at radius 2 is 1.48 bits per heavy atom. The van der Waals surface area contributed by atoms with Crippen LogP contribution in [0.1, 0.15) is 32.4 Å². The number of carbonyl (C=O) groups excluding carboxylic acids is 2. The van der Waals surface area contributed by atoms with E-state index in [0.29, 0.717) is 13.1 Å². The molecular formula is C20H32N4O3. The molecule has 0 radical (unpaired) electrons. The first-order valence-electron chi connectivity index (χ1n) is 9.55. The summed E-state index contributed by atoms with van der Waals surface area (Å²) in [5.74, 6) is 0.833. The van der Waals surface area contributed by atoms with Gasteiger partial charge in [-0.1, -0.05) is 18.2 Å². The van der Waals surface area contributed by atoms with Gasteiger partial charge in [0.05, 0.1) is 26.2 Å². The average molecular weight is 377 g/mol. The highest BCUT2D eigenvalue weighted by Gasteiger charge is 2.22. The lowest BCUT2D eigenvalue weighted by molar-refractivity contribution is -0.125. The van der Waals surface area contributed by atoms with Crippen molar-refractivity contribution in [3.05, 3.63) is 29.8 Å². The second-order valence-corrected chi connectivity index (χ2v) is 7.31. The highest BCUT2D eigenvalue weighted by molar-refractivity contribution is 5.79. The van der Waals surface area contributed by atoms with E-state index in [4.69, 9.17) is 4.74 Å². The zero-order valence-corrected chi connectivity index (χ0v) is 16.8. The number of nitrogens with one attached hydrogen (secondary N) is 2. The molecule has 0 aliphatic carbocycles. The van der Waals surface area contributed by atoms with E-state index < -0.39 is 0 Å². The van der Waals surface area contributed by atoms with Gasteiger partial charge in [-0.15, -0.1) is 0 Å². The summed E-state index contributed by atoms with van der Waals surface area (Å²) in [6.07, 6.45) is 0. The SMILES string of the molecule is COc1ccccc1C(C)NC(=O)CN1CCN(CC(=O)NC(C)C)CC1. The van der Waals surface area contributed by atoms with Crippen molar-refractivity contribution in [3.8, 4) is 5.75 Å². The third kappa shape index (κ3) is 6.84. The second-order valence-electron chi connectivity index (χ2n) is 7.31. The van der Waals surface area contributed by atoms with Crippen molar-refractivity contribution >= 4 is 11.8 Å². The van der Waals surface area contributed by atoms with E-state index >= 15 is 0 Å². The summed E-state index contributed by atoms with van der Waals surface area (Å²) >= 11 is 0. The van der Waals surface area contributed by atoms with Gasteiger partial charge < -0.3 is 15.4 Å². The summed E-state index contributed by atoms with van der Waals surface area (Å²) in [6, 6.07) is 7.76. The molecule has 1 unspecified atom stereocenters. The highest BCUT2D eigenvalue weighted by Crippen LogP contribution is 2.24. The number of carbonyl (C=O) groups is 2. The lowest BCUT2D eigenvalue weighted by Crippen LogP contribution is -2.52. The van der Waals surface area contributed by atoms with Gasteiger partial charge in [0.1, 0.15) is 5.75 Å². The van der Waals surface area contributed by atoms with E-state index in [1.54, 1.807) is 7.11 Å². The van der Waals surface area contributed by atoms with Crippen LogP contribution >= 0.6 is 0 Å². The number of nitrogens with zero attached hydrogens (tertiary/aromatic N) is 2. The third-order valence-corrected chi connectivity index (χ3v) is 4.63. The Kier molecular flexibility index (Phi) is 8.06. The van der Waals surface area contributed by atoms with Crippen molar-refractivity contribution < 1.29 is 14.3 Å². The molecule has 7 heteroatoms. The molecule has 7 nitrogen and oxygen atoms in total. The number of ether oxygens (including phenoxy) is 1. The van der Waals surface area contributed by atoms with Gasteiger partial charge in [0.25, 0.3) is 0 Å². The molecule has 1 fully saturated rings. The van der Waals surface area contributed by atoms with Crippen molar-refractivity contribution in [1.82, 2.24) is 20.4 Å². The average Bonchev–Trinajstić information content (AvgIpc) is 2.62. The minimum Gasteiger partial charge on any atom is -0.496 e. The molecule has 27 heavy (non-hydrogen) atoms. The molecule has 2 N–H and O–H groups in total. The van der Waals surface area contributed by atoms with Crippen molar-refractivity contribution in [3.63, 3.8) is 0 Å². The fourth-order valence-corrected chi connectivity index (χ4v) is 3.27. The van der Waals surface area contributed by atoms with E-state index in [9.17, 15) is 9.59 Å². The molecule has 1 atom stereocenters. The molecule has 1 aromatic rings. The van der Waals surface area contributed by atoms with Crippen LogP contribution in [0, 0.1) is 0 Å². The maximum absolute atomic E-state index is 12.4. The normalized spacial score (nSPS) is 16.8. The Morgan fingerprint density at radius 3 is 2.00 bits per heavy atom. The van der Waals surface area contributed by atoms with Crippen molar-refractivity contribution in [2.75, 3.05) is 46.4 Å². The zero-order chi connectivity index (χ0) is 19.8. The molecule has 1 aliphatic heterocycles. The van der Waals surface area contributed by atoms with Gasteiger partial charge in [0.2, 0.25) is 11.8 Å². The largest absolute Gasteiger partial charge is 0.496 e. The van der Waals surface area contributed by atoms with Crippen LogP contribution in [-0.2, 0) is 9.59 Å². The fraction of sp³-hybridized carbons (Fsp3) is 0.600. The maximum Gasteiger partial charge on any atom is 0.234 e. The fourth-order valence-electron chi connectivity index (χ4n) is 3.27. The number of para-hydroxylation sites is 1. The quantitative estimate of drug-likeness (QED) is 0.709. The van der Waals surface area contributed by atoms with E-state index in [0.717, 1.165) is 37.5 Å². The number of rotatable bonds is 8. The van der Waals surface area contributed by atoms with Crippen molar-refractivity contribution in [2.24, 2.45) is 0 Å². The van der Waals surface area contributed by atoms with Crippen LogP contribution in [0.5, 0.6) is 5.75 Å². The Balaban J connectivity index is 1.75. The van der Waals surface area contributed by atoms with Crippen LogP contribution < -0.4 is 15.4 Å². The molecule has 1 heterocycles. The van der Waals surface area contributed by atoms with E-state index in [-0.39, 0.29) is 23.9 Å². The molecule has 1 aliphatic rings. The van der Waals surface area contributed by atoms with Crippen LogP contribution in [0.25, 0.3) is 0 Å². The smallest absolute Gasteiger partial charge is 0.234 e. The third-order valence-electron chi connectivity index (χ3n) is 4.63. The molecule has 0 spiro atoms. The van der Waals surface area contributed by atoms with Crippen LogP contribution in [0.4, 0.5) is 0 Å². The monoisotopic (exact) mass is 376 g/mol. The molecule has 150 valence electrons. The molecule has 2 rings (SSSR count). The number of hydrogen-bond donors (Lipinski definition) is 2. The Bertz CT molecular complexity index is 627. The highest BCUT2D eigenvalue weighted by atomic mass is 16.5. The van der Waals surface area contributed by atoms with Gasteiger partial charge in [-0.3, -0.25) is 19.4 Å². The number of methoxy groups -OCH3 is 1. The lowest BCUT2D eigenvalue weighted by Gasteiger charge is -2.34. The minimum atomic E-state index is -0.116. The number of piperazine rings is 1. The van der Waals surface area contributed by atoms with Gasteiger partial charge >= 0.3 is 0 Å². The van der Waals surface area contributed by atoms with Crippen molar-refractivity contribution in [2.45, 2.75) is 32.9 Å². The van der Waals surface area contributed by atoms with Gasteiger partial charge in [-0.2, -0.15) is 0 Å². The second kappa shape index (κ2) is 10.3. The van der Waals surface area contributed by atoms with Crippen molar-refractivity contribution in [1.29, 1.82) is 0 Å². The summed E-state index contributed by atoms with van der Waals surface area (Å²) in [7, 11) is 1.63. The number of amides is 2. The lowest BCUT2D eigenvalue weighted by atomic mass is 10.1. The molecule has 1 aromatic carbocycles. The molecule has 2 amide bonds. The van der Waals surface area contributed by atoms with Crippen LogP contribution in [0.15, 0.2) is 24.3 Å². The zero-order valence-electron chi connectivity index (χ0n) is 16.8. The predicted molar refractivity (Wildman–Crippen MR) is 106 cm³/mol. The van der Waals surface area contributed by atoms with E-state index in [2.05, 4.69) is 20.4 Å². The summed E-state index contributed by atoms with van der Waals surface area (Å²) in [4.78, 5) is 28.5. The molecule has 0 bridgehead atoms. The summed E-state index contributed by atoms with van der Waals surface area (Å²) in [5.41, 5.74) is 0.967. The number of benzene rings is 1. The summed E-state index contributed by atoms with van der Waals surface area (Å²) < 4.78 is 5.37. The van der Waals surface area contributed by atoms with E-state index in [1.807, 2.05) is 45.0 Å². The first-order chi connectivity index (χ1) is 12.9. The summed E-state index contributed by atoms with van der Waals surface area (Å²) in [6.45, 7) is 9.81. The standard InChI is InChI=1S/C20H32N4O3/c1-15(2)21-19(25)13-23-9-11-24(12-10-23)14-20(26)22-16(3)17-7-5-6-8-18(17)27-4/h5-8,15-16H,9-14H2,1-4H3,(H,21,25)(H,22,26). The molecule has 0 saturated carbocycles. The first-order valence-corrected chi connectivity index (χ1v) is 9.55. The van der Waals surface area contributed by atoms with Crippen LogP contribution in [0.3, 0.4) is 0 Å². The molecular weight excluding hydrogens is 344 g/mol. The molecule has 1 saturated heterocycles. The van der Waals surface area contributed by atoms with Crippen LogP contribution in [0.2, 0.25) is 0 Å². The van der Waals surface area contributed by atoms with Gasteiger partial charge in [0, 0.05) is 37.8 Å². The van der Waals surface area contributed by atoms with Gasteiger partial charge in [-0.05, 0) is 26.8 Å². The topological polar surface area (TPSA) is 73.9 Å². The Hall–Kier alpha value is -2.12. The maximum atomic E-state index is 12.4. The van der Waals surface area contributed by atoms with E-state index in [1.165, 1.54) is 0 Å². The van der Waals surface area contributed by atoms with Gasteiger partial charge in [-0.25, -0.2) is 0 Å². The number of hydrogen-bond acceptors (Lipinski definition) is 5. The Morgan fingerprint density at radius 1 is 0.963 bits per heavy atom. The Labute approximate surface area is 162 Å². The van der Waals surface area contributed by atoms with Gasteiger partial charge in [0.15, 0.2) is 0 Å². The molecule has 0 aromatic heterocycles. The van der Waals surface area contributed by atoms with Crippen LogP contribution in [-0.4, -0.2) is 74.0 Å².